The van der Waals surface area contributed by atoms with E-state index >= 15 is 0 Å². The summed E-state index contributed by atoms with van der Waals surface area (Å²) < 4.78 is 13.5. The summed E-state index contributed by atoms with van der Waals surface area (Å²) in [6, 6.07) is 3.65. The molecule has 2 heterocycles. The van der Waals surface area contributed by atoms with Gasteiger partial charge in [0.1, 0.15) is 25.4 Å². The molecule has 0 saturated carbocycles. The van der Waals surface area contributed by atoms with Crippen LogP contribution in [0.4, 0.5) is 0 Å². The van der Waals surface area contributed by atoms with Crippen LogP contribution in [-0.2, 0) is 13.5 Å². The SMILES string of the molecule is Cn1ncnc1CC(O)c1cc(Br)c2c(c1)OCCO2. The van der Waals surface area contributed by atoms with Crippen LogP contribution in [0, 0.1) is 0 Å². The van der Waals surface area contributed by atoms with Crippen LogP contribution in [0.3, 0.4) is 0 Å². The zero-order chi connectivity index (χ0) is 14.1. The molecule has 0 amide bonds. The number of aliphatic hydroxyl groups excluding tert-OH is 1. The van der Waals surface area contributed by atoms with E-state index in [4.69, 9.17) is 9.47 Å². The summed E-state index contributed by atoms with van der Waals surface area (Å²) in [6.07, 6.45) is 1.19. The average molecular weight is 340 g/mol. The number of nitrogens with zero attached hydrogens (tertiary/aromatic N) is 3. The number of halogens is 1. The first kappa shape index (κ1) is 13.4. The molecule has 0 bridgehead atoms. The predicted molar refractivity (Wildman–Crippen MR) is 74.8 cm³/mol. The zero-order valence-corrected chi connectivity index (χ0v) is 12.5. The third-order valence-corrected chi connectivity index (χ3v) is 3.77. The molecule has 1 aliphatic rings. The van der Waals surface area contributed by atoms with Gasteiger partial charge in [0, 0.05) is 13.5 Å². The van der Waals surface area contributed by atoms with Gasteiger partial charge in [0.15, 0.2) is 11.5 Å². The van der Waals surface area contributed by atoms with Gasteiger partial charge in [-0.1, -0.05) is 0 Å². The average Bonchev–Trinajstić information content (AvgIpc) is 2.84. The number of benzene rings is 1. The van der Waals surface area contributed by atoms with Crippen molar-refractivity contribution < 1.29 is 14.6 Å². The summed E-state index contributed by atoms with van der Waals surface area (Å²) in [5, 5.41) is 14.3. The Bertz CT molecular complexity index is 629. The van der Waals surface area contributed by atoms with E-state index in [1.54, 1.807) is 17.8 Å². The molecular weight excluding hydrogens is 326 g/mol. The molecule has 1 unspecified atom stereocenters. The Balaban J connectivity index is 1.86. The van der Waals surface area contributed by atoms with Crippen molar-refractivity contribution in [3.05, 3.63) is 34.3 Å². The summed E-state index contributed by atoms with van der Waals surface area (Å²) in [5.41, 5.74) is 0.754. The number of rotatable bonds is 3. The number of hydrogen-bond donors (Lipinski definition) is 1. The lowest BCUT2D eigenvalue weighted by atomic mass is 10.1. The minimum Gasteiger partial charge on any atom is -0.486 e. The highest BCUT2D eigenvalue weighted by Gasteiger charge is 2.20. The number of ether oxygens (including phenoxy) is 2. The molecule has 0 spiro atoms. The smallest absolute Gasteiger partial charge is 0.175 e. The maximum absolute atomic E-state index is 10.3. The van der Waals surface area contributed by atoms with Gasteiger partial charge < -0.3 is 14.6 Å². The Kier molecular flexibility index (Phi) is 3.62. The standard InChI is InChI=1S/C13H14BrN3O3/c1-17-12(15-7-16-17)6-10(18)8-4-9(14)13-11(5-8)19-2-3-20-13/h4-5,7,10,18H,2-3,6H2,1H3. The van der Waals surface area contributed by atoms with E-state index in [0.717, 1.165) is 15.9 Å². The lowest BCUT2D eigenvalue weighted by Crippen LogP contribution is -2.16. The molecule has 1 aromatic carbocycles. The summed E-state index contributed by atoms with van der Waals surface area (Å²) >= 11 is 3.44. The van der Waals surface area contributed by atoms with Crippen LogP contribution in [0.25, 0.3) is 0 Å². The maximum atomic E-state index is 10.3. The van der Waals surface area contributed by atoms with E-state index in [1.807, 2.05) is 6.07 Å². The van der Waals surface area contributed by atoms with Crippen LogP contribution in [-0.4, -0.2) is 33.1 Å². The van der Waals surface area contributed by atoms with Gasteiger partial charge in [-0.25, -0.2) is 4.98 Å². The van der Waals surface area contributed by atoms with Crippen molar-refractivity contribution >= 4 is 15.9 Å². The van der Waals surface area contributed by atoms with Gasteiger partial charge >= 0.3 is 0 Å². The predicted octanol–water partition coefficient (Wildman–Crippen LogP) is 1.62. The maximum Gasteiger partial charge on any atom is 0.175 e. The molecule has 20 heavy (non-hydrogen) atoms. The number of aromatic nitrogens is 3. The third-order valence-electron chi connectivity index (χ3n) is 3.19. The van der Waals surface area contributed by atoms with Gasteiger partial charge in [-0.3, -0.25) is 4.68 Å². The first-order valence-electron chi connectivity index (χ1n) is 6.25. The van der Waals surface area contributed by atoms with E-state index < -0.39 is 6.10 Å². The minimum absolute atomic E-state index is 0.391. The molecule has 0 radical (unpaired) electrons. The molecule has 0 aliphatic carbocycles. The van der Waals surface area contributed by atoms with Gasteiger partial charge in [-0.05, 0) is 33.6 Å². The minimum atomic E-state index is -0.676. The van der Waals surface area contributed by atoms with Crippen molar-refractivity contribution in [2.24, 2.45) is 7.05 Å². The normalized spacial score (nSPS) is 15.2. The second-order valence-electron chi connectivity index (χ2n) is 4.55. The topological polar surface area (TPSA) is 69.4 Å². The summed E-state index contributed by atoms with van der Waals surface area (Å²) in [6.45, 7) is 1.05. The Hall–Kier alpha value is -1.60. The lowest BCUT2D eigenvalue weighted by molar-refractivity contribution is 0.162. The summed E-state index contributed by atoms with van der Waals surface area (Å²) in [5.74, 6) is 2.06. The molecule has 0 fully saturated rings. The number of aliphatic hydroxyl groups is 1. The van der Waals surface area contributed by atoms with Crippen LogP contribution in [0.15, 0.2) is 22.9 Å². The Morgan fingerprint density at radius 3 is 2.95 bits per heavy atom. The van der Waals surface area contributed by atoms with E-state index in [2.05, 4.69) is 26.0 Å². The fourth-order valence-corrected chi connectivity index (χ4v) is 2.69. The quantitative estimate of drug-likeness (QED) is 0.920. The molecule has 1 aromatic heterocycles. The second-order valence-corrected chi connectivity index (χ2v) is 5.40. The highest BCUT2D eigenvalue weighted by molar-refractivity contribution is 9.10. The molecule has 1 N–H and O–H groups in total. The van der Waals surface area contributed by atoms with Gasteiger partial charge in [-0.15, -0.1) is 0 Å². The van der Waals surface area contributed by atoms with Crippen molar-refractivity contribution in [3.63, 3.8) is 0 Å². The van der Waals surface area contributed by atoms with E-state index in [9.17, 15) is 5.11 Å². The highest BCUT2D eigenvalue weighted by atomic mass is 79.9. The molecule has 1 aliphatic heterocycles. The van der Waals surface area contributed by atoms with Gasteiger partial charge in [0.05, 0.1) is 10.6 Å². The molecule has 7 heteroatoms. The van der Waals surface area contributed by atoms with Crippen LogP contribution in [0.5, 0.6) is 11.5 Å². The van der Waals surface area contributed by atoms with Crippen LogP contribution in [0.1, 0.15) is 17.5 Å². The molecule has 6 nitrogen and oxygen atoms in total. The first-order chi connectivity index (χ1) is 9.65. The largest absolute Gasteiger partial charge is 0.486 e. The Labute approximate surface area is 124 Å². The number of aryl methyl sites for hydroxylation is 1. The molecular formula is C13H14BrN3O3. The Morgan fingerprint density at radius 1 is 1.40 bits per heavy atom. The van der Waals surface area contributed by atoms with Gasteiger partial charge in [0.2, 0.25) is 0 Å². The van der Waals surface area contributed by atoms with Crippen molar-refractivity contribution in [1.82, 2.24) is 14.8 Å². The number of fused-ring (bicyclic) bond motifs is 1. The molecule has 1 atom stereocenters. The summed E-state index contributed by atoms with van der Waals surface area (Å²) in [4.78, 5) is 4.12. The van der Waals surface area contributed by atoms with Crippen molar-refractivity contribution in [2.45, 2.75) is 12.5 Å². The first-order valence-corrected chi connectivity index (χ1v) is 7.04. The second kappa shape index (κ2) is 5.41. The number of hydrogen-bond acceptors (Lipinski definition) is 5. The van der Waals surface area contributed by atoms with Crippen LogP contribution < -0.4 is 9.47 Å². The van der Waals surface area contributed by atoms with E-state index in [1.165, 1.54) is 6.33 Å². The van der Waals surface area contributed by atoms with Gasteiger partial charge in [0.25, 0.3) is 0 Å². The molecule has 3 rings (SSSR count). The van der Waals surface area contributed by atoms with Crippen molar-refractivity contribution in [3.8, 4) is 11.5 Å². The van der Waals surface area contributed by atoms with E-state index in [0.29, 0.717) is 31.1 Å². The van der Waals surface area contributed by atoms with Crippen LogP contribution in [0.2, 0.25) is 0 Å². The third kappa shape index (κ3) is 2.51. The zero-order valence-electron chi connectivity index (χ0n) is 10.9. The fourth-order valence-electron chi connectivity index (χ4n) is 2.12. The monoisotopic (exact) mass is 339 g/mol. The van der Waals surface area contributed by atoms with E-state index in [-0.39, 0.29) is 0 Å². The molecule has 2 aromatic rings. The Morgan fingerprint density at radius 2 is 2.20 bits per heavy atom. The fraction of sp³-hybridized carbons (Fsp3) is 0.385. The summed E-state index contributed by atoms with van der Waals surface area (Å²) in [7, 11) is 1.80. The lowest BCUT2D eigenvalue weighted by Gasteiger charge is -2.21. The van der Waals surface area contributed by atoms with Crippen molar-refractivity contribution in [2.75, 3.05) is 13.2 Å². The van der Waals surface area contributed by atoms with Crippen molar-refractivity contribution in [1.29, 1.82) is 0 Å². The van der Waals surface area contributed by atoms with Gasteiger partial charge in [-0.2, -0.15) is 5.10 Å². The molecule has 106 valence electrons. The highest BCUT2D eigenvalue weighted by Crippen LogP contribution is 2.40. The van der Waals surface area contributed by atoms with Crippen LogP contribution >= 0.6 is 15.9 Å². The molecule has 0 saturated heterocycles.